The summed E-state index contributed by atoms with van der Waals surface area (Å²) in [6.45, 7) is 15.1. The van der Waals surface area contributed by atoms with Crippen LogP contribution in [0.3, 0.4) is 0 Å². The van der Waals surface area contributed by atoms with E-state index in [-0.39, 0.29) is 18.6 Å². The Morgan fingerprint density at radius 1 is 0.860 bits per heavy atom. The van der Waals surface area contributed by atoms with Crippen LogP contribution in [0.4, 0.5) is 0 Å². The first kappa shape index (κ1) is 41.2. The smallest absolute Gasteiger partial charge is 0.377 e. The van der Waals surface area contributed by atoms with Crippen LogP contribution in [0.2, 0.25) is 0 Å². The second-order valence-electron chi connectivity index (χ2n) is 13.2. The van der Waals surface area contributed by atoms with E-state index in [4.69, 9.17) is 9.47 Å². The standard InChI is InChI=1S/C40H50O10/c1-25(2)13-11-16-26(3)14-9-10-15-27(4)17-12-18-28(5)19-20-30-29(6)35(44)32(23-40(30,7)8)49-34(43)22-21-33(42)48-24-31(41)38-36(45)37(46)39(47)50-38/h9-20,31-32,38,41,45-46H,21-24H2,1-8H3/b10-9+,16-11+,17-12+,20-19+,26-14+,27-15+,28-18+/t31-,32?,38+/m0/s1. The first-order valence-corrected chi connectivity index (χ1v) is 16.4. The molecule has 270 valence electrons. The lowest BCUT2D eigenvalue weighted by atomic mass is 9.71. The monoisotopic (exact) mass is 690 g/mol. The molecule has 10 heteroatoms. The van der Waals surface area contributed by atoms with E-state index >= 15 is 0 Å². The highest BCUT2D eigenvalue weighted by Gasteiger charge is 2.41. The average molecular weight is 691 g/mol. The number of aliphatic hydroxyl groups is 3. The van der Waals surface area contributed by atoms with E-state index in [1.807, 2.05) is 82.4 Å². The van der Waals surface area contributed by atoms with Crippen LogP contribution in [-0.4, -0.2) is 63.9 Å². The van der Waals surface area contributed by atoms with Crippen molar-refractivity contribution in [3.63, 3.8) is 0 Å². The molecule has 50 heavy (non-hydrogen) atoms. The summed E-state index contributed by atoms with van der Waals surface area (Å²) in [5, 5.41) is 29.0. The highest BCUT2D eigenvalue weighted by Crippen LogP contribution is 2.41. The van der Waals surface area contributed by atoms with Crippen molar-refractivity contribution in [2.24, 2.45) is 5.41 Å². The minimum absolute atomic E-state index is 0.260. The van der Waals surface area contributed by atoms with Gasteiger partial charge in [-0.3, -0.25) is 14.4 Å². The molecule has 2 rings (SSSR count). The van der Waals surface area contributed by atoms with Gasteiger partial charge >= 0.3 is 17.9 Å². The molecular weight excluding hydrogens is 640 g/mol. The first-order valence-electron chi connectivity index (χ1n) is 16.4. The van der Waals surface area contributed by atoms with Crippen molar-refractivity contribution in [2.75, 3.05) is 6.61 Å². The van der Waals surface area contributed by atoms with Crippen LogP contribution >= 0.6 is 0 Å². The number of carbonyl (C=O) groups excluding carboxylic acids is 4. The zero-order chi connectivity index (χ0) is 37.6. The number of hydrogen-bond donors (Lipinski definition) is 3. The van der Waals surface area contributed by atoms with Crippen molar-refractivity contribution in [1.29, 1.82) is 0 Å². The van der Waals surface area contributed by atoms with Crippen molar-refractivity contribution in [1.82, 2.24) is 0 Å². The van der Waals surface area contributed by atoms with Crippen LogP contribution < -0.4 is 0 Å². The highest BCUT2D eigenvalue weighted by atomic mass is 16.6. The predicted octanol–water partition coefficient (Wildman–Crippen LogP) is 7.18. The molecule has 0 saturated heterocycles. The number of ether oxygens (including phenoxy) is 3. The number of allylic oxidation sites excluding steroid dienone is 17. The van der Waals surface area contributed by atoms with Gasteiger partial charge in [-0.05, 0) is 58.1 Å². The number of carbonyl (C=O) groups is 4. The van der Waals surface area contributed by atoms with Gasteiger partial charge in [-0.15, -0.1) is 0 Å². The molecule has 0 amide bonds. The van der Waals surface area contributed by atoms with E-state index in [0.717, 1.165) is 22.3 Å². The summed E-state index contributed by atoms with van der Waals surface area (Å²) in [6, 6.07) is 0. The van der Waals surface area contributed by atoms with Gasteiger partial charge in [0.1, 0.15) is 12.7 Å². The Morgan fingerprint density at radius 3 is 1.96 bits per heavy atom. The number of aliphatic hydroxyl groups excluding tert-OH is 3. The van der Waals surface area contributed by atoms with Crippen molar-refractivity contribution in [3.05, 3.63) is 118 Å². The van der Waals surface area contributed by atoms with Crippen LogP contribution in [0.25, 0.3) is 0 Å². The van der Waals surface area contributed by atoms with Gasteiger partial charge in [0.15, 0.2) is 23.8 Å². The maximum absolute atomic E-state index is 13.2. The summed E-state index contributed by atoms with van der Waals surface area (Å²) >= 11 is 0. The van der Waals surface area contributed by atoms with Crippen LogP contribution in [0.5, 0.6) is 0 Å². The van der Waals surface area contributed by atoms with E-state index < -0.39 is 66.2 Å². The Bertz CT molecular complexity index is 1610. The highest BCUT2D eigenvalue weighted by molar-refractivity contribution is 6.01. The Kier molecular flexibility index (Phi) is 15.9. The SMILES string of the molecule is CC(C)=C/C=C/C(C)=C/C=C/C=C(C)/C=C/C=C(C)/C=C/C1=C(C)C(=O)C(OC(=O)CCC(=O)OC[C@H](O)[C@H]2OC(=O)C(O)=C2O)CC1(C)C. The van der Waals surface area contributed by atoms with Gasteiger partial charge in [0, 0.05) is 6.42 Å². The predicted molar refractivity (Wildman–Crippen MR) is 192 cm³/mol. The molecule has 0 fully saturated rings. The summed E-state index contributed by atoms with van der Waals surface area (Å²) in [5.74, 6) is -5.04. The largest absolute Gasteiger partial charge is 0.505 e. The Labute approximate surface area is 294 Å². The fourth-order valence-electron chi connectivity index (χ4n) is 5.02. The summed E-state index contributed by atoms with van der Waals surface area (Å²) in [4.78, 5) is 49.1. The van der Waals surface area contributed by atoms with E-state index in [1.54, 1.807) is 6.92 Å². The van der Waals surface area contributed by atoms with Gasteiger partial charge in [-0.2, -0.15) is 0 Å². The number of Topliss-reactive ketones (excluding diaryl/α,β-unsaturated/α-hetero) is 1. The molecule has 10 nitrogen and oxygen atoms in total. The summed E-state index contributed by atoms with van der Waals surface area (Å²) in [5.41, 5.74) is 5.33. The van der Waals surface area contributed by atoms with E-state index in [9.17, 15) is 34.5 Å². The lowest BCUT2D eigenvalue weighted by molar-refractivity contribution is -0.160. The zero-order valence-corrected chi connectivity index (χ0v) is 30.2. The Balaban J connectivity index is 1.91. The fraction of sp³-hybridized carbons (Fsp3) is 0.400. The molecule has 0 bridgehead atoms. The molecule has 1 unspecified atom stereocenters. The second kappa shape index (κ2) is 19.3. The van der Waals surface area contributed by atoms with Crippen molar-refractivity contribution in [3.8, 4) is 0 Å². The molecule has 0 aromatic rings. The number of ketones is 1. The third-order valence-corrected chi connectivity index (χ3v) is 7.85. The lowest BCUT2D eigenvalue weighted by Gasteiger charge is -2.36. The molecule has 0 aromatic heterocycles. The van der Waals surface area contributed by atoms with Crippen molar-refractivity contribution < 1.29 is 48.7 Å². The normalized spacial score (nSPS) is 21.2. The first-order chi connectivity index (χ1) is 23.4. The number of hydrogen-bond acceptors (Lipinski definition) is 10. The summed E-state index contributed by atoms with van der Waals surface area (Å²) in [7, 11) is 0. The molecule has 2 aliphatic rings. The van der Waals surface area contributed by atoms with Gasteiger partial charge < -0.3 is 29.5 Å². The lowest BCUT2D eigenvalue weighted by Crippen LogP contribution is -2.39. The summed E-state index contributed by atoms with van der Waals surface area (Å²) in [6.07, 6.45) is 19.4. The van der Waals surface area contributed by atoms with Gasteiger partial charge in [0.05, 0.1) is 12.8 Å². The van der Waals surface area contributed by atoms with Gasteiger partial charge in [0.25, 0.3) is 0 Å². The van der Waals surface area contributed by atoms with Gasteiger partial charge in [0.2, 0.25) is 5.76 Å². The van der Waals surface area contributed by atoms with E-state index in [2.05, 4.69) is 43.7 Å². The van der Waals surface area contributed by atoms with Crippen LogP contribution in [0.1, 0.15) is 74.7 Å². The number of rotatable bonds is 15. The third kappa shape index (κ3) is 13.2. The molecule has 0 saturated carbocycles. The molecule has 0 radical (unpaired) electrons. The second-order valence-corrected chi connectivity index (χ2v) is 13.2. The Morgan fingerprint density at radius 2 is 1.40 bits per heavy atom. The Hall–Kier alpha value is -4.96. The number of esters is 3. The minimum Gasteiger partial charge on any atom is -0.505 e. The fourth-order valence-corrected chi connectivity index (χ4v) is 5.02. The molecule has 1 aliphatic carbocycles. The topological polar surface area (TPSA) is 157 Å². The van der Waals surface area contributed by atoms with Crippen molar-refractivity contribution in [2.45, 2.75) is 93.0 Å². The molecule has 1 heterocycles. The molecule has 1 aliphatic heterocycles. The molecular formula is C40H50O10. The zero-order valence-electron chi connectivity index (χ0n) is 30.2. The van der Waals surface area contributed by atoms with E-state index in [1.165, 1.54) is 5.57 Å². The molecule has 3 atom stereocenters. The quantitative estimate of drug-likeness (QED) is 0.0914. The minimum atomic E-state index is -1.63. The van der Waals surface area contributed by atoms with Crippen LogP contribution in [0, 0.1) is 5.41 Å². The van der Waals surface area contributed by atoms with Gasteiger partial charge in [-0.25, -0.2) is 4.79 Å². The van der Waals surface area contributed by atoms with Crippen LogP contribution in [-0.2, 0) is 33.4 Å². The van der Waals surface area contributed by atoms with Gasteiger partial charge in [-0.1, -0.05) is 109 Å². The van der Waals surface area contributed by atoms with E-state index in [0.29, 0.717) is 5.57 Å². The molecule has 3 N–H and O–H groups in total. The summed E-state index contributed by atoms with van der Waals surface area (Å²) < 4.78 is 14.9. The van der Waals surface area contributed by atoms with Crippen LogP contribution in [0.15, 0.2) is 118 Å². The average Bonchev–Trinajstić information content (AvgIpc) is 3.30. The molecule has 0 aromatic carbocycles. The third-order valence-electron chi connectivity index (χ3n) is 7.85. The molecule has 0 spiro atoms. The maximum Gasteiger partial charge on any atom is 0.377 e. The number of cyclic esters (lactones) is 1. The van der Waals surface area contributed by atoms with Crippen molar-refractivity contribution >= 4 is 23.7 Å². The maximum atomic E-state index is 13.2.